The van der Waals surface area contributed by atoms with Crippen LogP contribution in [0.15, 0.2) is 54.6 Å². The van der Waals surface area contributed by atoms with Gasteiger partial charge in [0, 0.05) is 39.4 Å². The van der Waals surface area contributed by atoms with Crippen molar-refractivity contribution >= 4 is 17.5 Å². The summed E-state index contributed by atoms with van der Waals surface area (Å²) in [6.07, 6.45) is 1.38. The fourth-order valence-electron chi connectivity index (χ4n) is 3.85. The Bertz CT molecular complexity index is 806. The number of nitrogens with zero attached hydrogens (tertiary/aromatic N) is 1. The predicted octanol–water partition coefficient (Wildman–Crippen LogP) is 2.69. The molecule has 0 bridgehead atoms. The minimum absolute atomic E-state index is 0.0282. The van der Waals surface area contributed by atoms with E-state index >= 15 is 0 Å². The zero-order valence-electron chi connectivity index (χ0n) is 15.9. The third kappa shape index (κ3) is 3.88. The number of ether oxygens (including phenoxy) is 1. The van der Waals surface area contributed by atoms with Crippen LogP contribution in [-0.4, -0.2) is 39.1 Å². The molecule has 1 N–H and O–H groups in total. The van der Waals surface area contributed by atoms with Crippen LogP contribution in [-0.2, 0) is 26.2 Å². The van der Waals surface area contributed by atoms with E-state index in [0.717, 1.165) is 23.2 Å². The Morgan fingerprint density at radius 3 is 2.56 bits per heavy atom. The van der Waals surface area contributed by atoms with E-state index in [-0.39, 0.29) is 18.2 Å². The van der Waals surface area contributed by atoms with Gasteiger partial charge < -0.3 is 15.0 Å². The van der Waals surface area contributed by atoms with Crippen LogP contribution in [0.3, 0.4) is 0 Å². The number of anilines is 1. The van der Waals surface area contributed by atoms with Gasteiger partial charge in [-0.2, -0.15) is 0 Å². The van der Waals surface area contributed by atoms with E-state index in [1.165, 1.54) is 0 Å². The third-order valence-corrected chi connectivity index (χ3v) is 5.15. The van der Waals surface area contributed by atoms with Crippen LogP contribution < -0.4 is 10.2 Å². The summed E-state index contributed by atoms with van der Waals surface area (Å²) in [7, 11) is 3.42. The van der Waals surface area contributed by atoms with Gasteiger partial charge in [0.25, 0.3) is 0 Å². The molecule has 0 aliphatic carbocycles. The molecule has 5 heteroatoms. The van der Waals surface area contributed by atoms with Gasteiger partial charge in [0.15, 0.2) is 0 Å². The highest BCUT2D eigenvalue weighted by molar-refractivity contribution is 6.09. The van der Waals surface area contributed by atoms with Crippen LogP contribution in [0, 0.1) is 0 Å². The number of fused-ring (bicyclic) bond motifs is 1. The van der Waals surface area contributed by atoms with Crippen molar-refractivity contribution in [1.82, 2.24) is 5.32 Å². The van der Waals surface area contributed by atoms with E-state index in [4.69, 9.17) is 4.74 Å². The topological polar surface area (TPSA) is 58.6 Å². The van der Waals surface area contributed by atoms with Crippen LogP contribution in [0.25, 0.3) is 0 Å². The average molecular weight is 366 g/mol. The Morgan fingerprint density at radius 2 is 1.81 bits per heavy atom. The lowest BCUT2D eigenvalue weighted by molar-refractivity contribution is -0.129. The summed E-state index contributed by atoms with van der Waals surface area (Å²) in [6.45, 7) is 1.14. The molecule has 1 unspecified atom stereocenters. The van der Waals surface area contributed by atoms with Crippen molar-refractivity contribution in [2.75, 3.05) is 32.2 Å². The minimum atomic E-state index is -0.877. The van der Waals surface area contributed by atoms with Crippen molar-refractivity contribution < 1.29 is 14.3 Å². The Morgan fingerprint density at radius 1 is 1.11 bits per heavy atom. The highest BCUT2D eigenvalue weighted by Crippen LogP contribution is 2.45. The van der Waals surface area contributed by atoms with E-state index in [2.05, 4.69) is 5.32 Å². The van der Waals surface area contributed by atoms with Crippen LogP contribution in [0.2, 0.25) is 0 Å². The number of amides is 2. The second-order valence-corrected chi connectivity index (χ2v) is 7.00. The number of rotatable bonds is 8. The Balaban J connectivity index is 1.91. The molecule has 27 heavy (non-hydrogen) atoms. The first-order chi connectivity index (χ1) is 13.1. The molecule has 1 aliphatic rings. The zero-order valence-corrected chi connectivity index (χ0v) is 15.9. The molecule has 0 saturated heterocycles. The predicted molar refractivity (Wildman–Crippen MR) is 106 cm³/mol. The quantitative estimate of drug-likeness (QED) is 0.731. The van der Waals surface area contributed by atoms with Gasteiger partial charge in [-0.1, -0.05) is 48.5 Å². The SMILES string of the molecule is COCCCNC(=O)CC1(Cc2ccccc2)C(=O)N(C)c2ccccc21. The van der Waals surface area contributed by atoms with Crippen LogP contribution >= 0.6 is 0 Å². The maximum absolute atomic E-state index is 13.3. The number of nitrogens with one attached hydrogen (secondary N) is 1. The molecule has 0 aromatic heterocycles. The normalized spacial score (nSPS) is 18.4. The first kappa shape index (κ1) is 19.1. The number of carbonyl (C=O) groups is 2. The maximum Gasteiger partial charge on any atom is 0.238 e. The average Bonchev–Trinajstić information content (AvgIpc) is 2.89. The van der Waals surface area contributed by atoms with Crippen molar-refractivity contribution in [2.45, 2.75) is 24.7 Å². The van der Waals surface area contributed by atoms with Gasteiger partial charge >= 0.3 is 0 Å². The molecule has 142 valence electrons. The maximum atomic E-state index is 13.3. The van der Waals surface area contributed by atoms with Gasteiger partial charge in [0.2, 0.25) is 11.8 Å². The highest BCUT2D eigenvalue weighted by Gasteiger charge is 2.50. The fourth-order valence-corrected chi connectivity index (χ4v) is 3.85. The molecule has 1 aliphatic heterocycles. The number of methoxy groups -OCH3 is 1. The first-order valence-corrected chi connectivity index (χ1v) is 9.26. The van der Waals surface area contributed by atoms with Gasteiger partial charge in [0.1, 0.15) is 0 Å². The van der Waals surface area contributed by atoms with E-state index in [0.29, 0.717) is 19.6 Å². The number of benzene rings is 2. The van der Waals surface area contributed by atoms with E-state index in [9.17, 15) is 9.59 Å². The molecule has 1 heterocycles. The van der Waals surface area contributed by atoms with Gasteiger partial charge in [-0.05, 0) is 30.0 Å². The molecular weight excluding hydrogens is 340 g/mol. The number of carbonyl (C=O) groups excluding carboxylic acids is 2. The number of hydrogen-bond acceptors (Lipinski definition) is 3. The van der Waals surface area contributed by atoms with Crippen molar-refractivity contribution in [3.8, 4) is 0 Å². The zero-order chi connectivity index (χ0) is 19.3. The molecule has 1 atom stereocenters. The molecule has 0 radical (unpaired) electrons. The van der Waals surface area contributed by atoms with Gasteiger partial charge in [0.05, 0.1) is 5.41 Å². The second kappa shape index (κ2) is 8.35. The Hall–Kier alpha value is -2.66. The molecule has 0 saturated carbocycles. The second-order valence-electron chi connectivity index (χ2n) is 7.00. The summed E-state index contributed by atoms with van der Waals surface area (Å²) >= 11 is 0. The third-order valence-electron chi connectivity index (χ3n) is 5.15. The molecule has 2 amide bonds. The van der Waals surface area contributed by atoms with Crippen LogP contribution in [0.4, 0.5) is 5.69 Å². The largest absolute Gasteiger partial charge is 0.385 e. The summed E-state index contributed by atoms with van der Waals surface area (Å²) in [5.41, 5.74) is 1.97. The summed E-state index contributed by atoms with van der Waals surface area (Å²) < 4.78 is 5.02. The van der Waals surface area contributed by atoms with Crippen molar-refractivity contribution in [1.29, 1.82) is 0 Å². The van der Waals surface area contributed by atoms with E-state index in [1.807, 2.05) is 54.6 Å². The summed E-state index contributed by atoms with van der Waals surface area (Å²) in [4.78, 5) is 27.7. The fraction of sp³-hybridized carbons (Fsp3) is 0.364. The molecular formula is C22H26N2O3. The highest BCUT2D eigenvalue weighted by atomic mass is 16.5. The van der Waals surface area contributed by atoms with E-state index in [1.54, 1.807) is 19.1 Å². The first-order valence-electron chi connectivity index (χ1n) is 9.26. The van der Waals surface area contributed by atoms with Gasteiger partial charge in [-0.3, -0.25) is 9.59 Å². The smallest absolute Gasteiger partial charge is 0.238 e. The number of hydrogen-bond donors (Lipinski definition) is 1. The minimum Gasteiger partial charge on any atom is -0.385 e. The van der Waals surface area contributed by atoms with E-state index < -0.39 is 5.41 Å². The molecule has 2 aromatic rings. The Labute approximate surface area is 160 Å². The molecule has 5 nitrogen and oxygen atoms in total. The van der Waals surface area contributed by atoms with Crippen LogP contribution in [0.1, 0.15) is 24.0 Å². The standard InChI is InChI=1S/C22H26N2O3/c1-24-19-12-7-6-11-18(19)22(21(24)26,15-17-9-4-3-5-10-17)16-20(25)23-13-8-14-27-2/h3-7,9-12H,8,13-16H2,1-2H3,(H,23,25). The van der Waals surface area contributed by atoms with Crippen molar-refractivity contribution in [3.05, 3.63) is 65.7 Å². The van der Waals surface area contributed by atoms with Gasteiger partial charge in [-0.25, -0.2) is 0 Å². The molecule has 0 fully saturated rings. The monoisotopic (exact) mass is 366 g/mol. The number of para-hydroxylation sites is 1. The van der Waals surface area contributed by atoms with Crippen molar-refractivity contribution in [2.24, 2.45) is 0 Å². The lowest BCUT2D eigenvalue weighted by atomic mass is 9.73. The number of likely N-dealkylation sites (N-methyl/N-ethyl adjacent to an activating group) is 1. The lowest BCUT2D eigenvalue weighted by Crippen LogP contribution is -2.44. The molecule has 2 aromatic carbocycles. The summed E-state index contributed by atoms with van der Waals surface area (Å²) in [6, 6.07) is 17.7. The van der Waals surface area contributed by atoms with Gasteiger partial charge in [-0.15, -0.1) is 0 Å². The summed E-state index contributed by atoms with van der Waals surface area (Å²) in [5.74, 6) is -0.139. The summed E-state index contributed by atoms with van der Waals surface area (Å²) in [5, 5.41) is 2.93. The van der Waals surface area contributed by atoms with Crippen LogP contribution in [0.5, 0.6) is 0 Å². The Kier molecular flexibility index (Phi) is 5.91. The lowest BCUT2D eigenvalue weighted by Gasteiger charge is -2.28. The van der Waals surface area contributed by atoms with Crippen molar-refractivity contribution in [3.63, 3.8) is 0 Å². The molecule has 0 spiro atoms. The molecule has 3 rings (SSSR count).